The molecule has 1 N–H and O–H groups in total. The molecule has 1 atom stereocenters. The van der Waals surface area contributed by atoms with Crippen LogP contribution in [0.3, 0.4) is 0 Å². The number of rotatable bonds is 5. The molecule has 1 heterocycles. The normalized spacial score (nSPS) is 20.2. The first-order valence-electron chi connectivity index (χ1n) is 7.14. The lowest BCUT2D eigenvalue weighted by molar-refractivity contribution is -0.110. The van der Waals surface area contributed by atoms with Crippen LogP contribution in [-0.2, 0) is 15.9 Å². The van der Waals surface area contributed by atoms with E-state index in [0.29, 0.717) is 0 Å². The number of aryl methyl sites for hydroxylation is 1. The third-order valence-corrected chi connectivity index (χ3v) is 4.25. The van der Waals surface area contributed by atoms with Gasteiger partial charge in [0.2, 0.25) is 0 Å². The summed E-state index contributed by atoms with van der Waals surface area (Å²) in [6, 6.07) is 9.02. The molecule has 0 amide bonds. The fraction of sp³-hybridized carbons (Fsp3) is 0.625. The fourth-order valence-corrected chi connectivity index (χ4v) is 3.05. The maximum absolute atomic E-state index is 5.92. The molecule has 0 aromatic heterocycles. The SMILES string of the molecule is CCc1cccc(C(NC)C2(OC)CCOCC2)c1. The Balaban J connectivity index is 2.30. The summed E-state index contributed by atoms with van der Waals surface area (Å²) in [4.78, 5) is 0. The summed E-state index contributed by atoms with van der Waals surface area (Å²) in [7, 11) is 3.83. The van der Waals surface area contributed by atoms with E-state index < -0.39 is 0 Å². The molecule has 0 saturated carbocycles. The average Bonchev–Trinajstić information content (AvgIpc) is 2.49. The minimum Gasteiger partial charge on any atom is -0.381 e. The lowest BCUT2D eigenvalue weighted by atomic mass is 9.81. The molecule has 0 spiro atoms. The molecule has 3 heteroatoms. The van der Waals surface area contributed by atoms with Crippen molar-refractivity contribution < 1.29 is 9.47 Å². The molecule has 1 aromatic carbocycles. The van der Waals surface area contributed by atoms with Gasteiger partial charge in [-0.15, -0.1) is 0 Å². The number of benzene rings is 1. The van der Waals surface area contributed by atoms with Gasteiger partial charge in [-0.1, -0.05) is 31.2 Å². The lowest BCUT2D eigenvalue weighted by Crippen LogP contribution is -2.48. The van der Waals surface area contributed by atoms with Crippen molar-refractivity contribution in [1.29, 1.82) is 0 Å². The highest BCUT2D eigenvalue weighted by molar-refractivity contribution is 5.28. The van der Waals surface area contributed by atoms with Gasteiger partial charge in [0.15, 0.2) is 0 Å². The minimum absolute atomic E-state index is 0.153. The second kappa shape index (κ2) is 6.51. The standard InChI is InChI=1S/C16H25NO2/c1-4-13-6-5-7-14(12-13)15(17-2)16(18-3)8-10-19-11-9-16/h5-7,12,15,17H,4,8-11H2,1-3H3. The molecule has 1 unspecified atom stereocenters. The molecule has 0 bridgehead atoms. The molecule has 106 valence electrons. The molecule has 1 saturated heterocycles. The average molecular weight is 263 g/mol. The zero-order chi connectivity index (χ0) is 13.7. The fourth-order valence-electron chi connectivity index (χ4n) is 3.05. The Morgan fingerprint density at radius 3 is 2.68 bits per heavy atom. The molecule has 0 aliphatic carbocycles. The monoisotopic (exact) mass is 263 g/mol. The Labute approximate surface area is 116 Å². The quantitative estimate of drug-likeness (QED) is 0.886. The minimum atomic E-state index is -0.153. The second-order valence-electron chi connectivity index (χ2n) is 5.20. The van der Waals surface area contributed by atoms with E-state index in [9.17, 15) is 0 Å². The molecule has 3 nitrogen and oxygen atoms in total. The van der Waals surface area contributed by atoms with Crippen molar-refractivity contribution in [3.8, 4) is 0 Å². The van der Waals surface area contributed by atoms with Gasteiger partial charge < -0.3 is 14.8 Å². The molecule has 1 aliphatic heterocycles. The van der Waals surface area contributed by atoms with E-state index in [1.54, 1.807) is 0 Å². The maximum Gasteiger partial charge on any atom is 0.0916 e. The highest BCUT2D eigenvalue weighted by atomic mass is 16.5. The van der Waals surface area contributed by atoms with Gasteiger partial charge in [-0.05, 0) is 24.6 Å². The topological polar surface area (TPSA) is 30.5 Å². The van der Waals surface area contributed by atoms with E-state index in [2.05, 4.69) is 36.5 Å². The Morgan fingerprint density at radius 1 is 1.37 bits per heavy atom. The van der Waals surface area contributed by atoms with Gasteiger partial charge in [0.25, 0.3) is 0 Å². The van der Waals surface area contributed by atoms with E-state index in [1.807, 2.05) is 14.2 Å². The number of nitrogens with one attached hydrogen (secondary N) is 1. The van der Waals surface area contributed by atoms with Gasteiger partial charge in [-0.25, -0.2) is 0 Å². The van der Waals surface area contributed by atoms with Crippen molar-refractivity contribution in [2.45, 2.75) is 37.8 Å². The first-order valence-corrected chi connectivity index (χ1v) is 7.14. The van der Waals surface area contributed by atoms with E-state index in [-0.39, 0.29) is 11.6 Å². The summed E-state index contributed by atoms with van der Waals surface area (Å²) in [5.74, 6) is 0. The molecule has 19 heavy (non-hydrogen) atoms. The van der Waals surface area contributed by atoms with Crippen LogP contribution >= 0.6 is 0 Å². The summed E-state index contributed by atoms with van der Waals surface area (Å²) in [6.45, 7) is 3.74. The van der Waals surface area contributed by atoms with Crippen LogP contribution in [0.1, 0.15) is 36.9 Å². The summed E-state index contributed by atoms with van der Waals surface area (Å²) >= 11 is 0. The number of hydrogen-bond donors (Lipinski definition) is 1. The van der Waals surface area contributed by atoms with Gasteiger partial charge in [0, 0.05) is 33.2 Å². The van der Waals surface area contributed by atoms with Crippen LogP contribution in [0.5, 0.6) is 0 Å². The second-order valence-corrected chi connectivity index (χ2v) is 5.20. The number of likely N-dealkylation sites (N-methyl/N-ethyl adjacent to an activating group) is 1. The van der Waals surface area contributed by atoms with Crippen LogP contribution in [0.2, 0.25) is 0 Å². The molecule has 1 fully saturated rings. The number of methoxy groups -OCH3 is 1. The predicted molar refractivity (Wildman–Crippen MR) is 77.4 cm³/mol. The zero-order valence-corrected chi connectivity index (χ0v) is 12.2. The highest BCUT2D eigenvalue weighted by Gasteiger charge is 2.40. The summed E-state index contributed by atoms with van der Waals surface area (Å²) in [5.41, 5.74) is 2.53. The van der Waals surface area contributed by atoms with Crippen molar-refractivity contribution in [3.63, 3.8) is 0 Å². The largest absolute Gasteiger partial charge is 0.381 e. The Morgan fingerprint density at radius 2 is 2.11 bits per heavy atom. The Hall–Kier alpha value is -0.900. The van der Waals surface area contributed by atoms with E-state index in [4.69, 9.17) is 9.47 Å². The number of hydrogen-bond acceptors (Lipinski definition) is 3. The third-order valence-electron chi connectivity index (χ3n) is 4.25. The van der Waals surface area contributed by atoms with Crippen molar-refractivity contribution in [2.24, 2.45) is 0 Å². The van der Waals surface area contributed by atoms with Crippen LogP contribution in [0, 0.1) is 0 Å². The van der Waals surface area contributed by atoms with Gasteiger partial charge >= 0.3 is 0 Å². The molecule has 1 aromatic rings. The smallest absolute Gasteiger partial charge is 0.0916 e. The molecule has 2 rings (SSSR count). The van der Waals surface area contributed by atoms with Gasteiger partial charge in [-0.2, -0.15) is 0 Å². The van der Waals surface area contributed by atoms with Gasteiger partial charge in [0.05, 0.1) is 11.6 Å². The van der Waals surface area contributed by atoms with Crippen LogP contribution < -0.4 is 5.32 Å². The molecule has 1 aliphatic rings. The van der Waals surface area contributed by atoms with E-state index in [1.165, 1.54) is 11.1 Å². The van der Waals surface area contributed by atoms with Gasteiger partial charge in [0.1, 0.15) is 0 Å². The van der Waals surface area contributed by atoms with Crippen LogP contribution in [0.4, 0.5) is 0 Å². The Kier molecular flexibility index (Phi) is 4.97. The van der Waals surface area contributed by atoms with Crippen LogP contribution in [0.15, 0.2) is 24.3 Å². The highest BCUT2D eigenvalue weighted by Crippen LogP contribution is 2.37. The van der Waals surface area contributed by atoms with E-state index >= 15 is 0 Å². The van der Waals surface area contributed by atoms with Crippen molar-refractivity contribution >= 4 is 0 Å². The third kappa shape index (κ3) is 2.99. The predicted octanol–water partition coefficient (Wildman–Crippen LogP) is 2.71. The summed E-state index contributed by atoms with van der Waals surface area (Å²) in [5, 5.41) is 3.45. The number of ether oxygens (including phenoxy) is 2. The maximum atomic E-state index is 5.92. The van der Waals surface area contributed by atoms with Crippen molar-refractivity contribution in [2.75, 3.05) is 27.4 Å². The van der Waals surface area contributed by atoms with Gasteiger partial charge in [-0.3, -0.25) is 0 Å². The van der Waals surface area contributed by atoms with Crippen LogP contribution in [0.25, 0.3) is 0 Å². The first kappa shape index (κ1) is 14.5. The first-order chi connectivity index (χ1) is 9.25. The lowest BCUT2D eigenvalue weighted by Gasteiger charge is -2.42. The summed E-state index contributed by atoms with van der Waals surface area (Å²) in [6.07, 6.45) is 2.93. The van der Waals surface area contributed by atoms with Crippen molar-refractivity contribution in [1.82, 2.24) is 5.32 Å². The van der Waals surface area contributed by atoms with Crippen LogP contribution in [-0.4, -0.2) is 33.0 Å². The zero-order valence-electron chi connectivity index (χ0n) is 12.2. The summed E-state index contributed by atoms with van der Waals surface area (Å²) < 4.78 is 11.4. The molecular formula is C16H25NO2. The molecule has 0 radical (unpaired) electrons. The molecular weight excluding hydrogens is 238 g/mol. The Bertz CT molecular complexity index is 399. The van der Waals surface area contributed by atoms with Crippen molar-refractivity contribution in [3.05, 3.63) is 35.4 Å². The van der Waals surface area contributed by atoms with E-state index in [0.717, 1.165) is 32.5 Å².